The number of aromatic nitrogens is 4. The van der Waals surface area contributed by atoms with Gasteiger partial charge in [-0.05, 0) is 74.6 Å². The van der Waals surface area contributed by atoms with Crippen molar-refractivity contribution in [2.75, 3.05) is 33.4 Å². The third-order valence-corrected chi connectivity index (χ3v) is 8.64. The molecule has 1 N–H and O–H groups in total. The van der Waals surface area contributed by atoms with Crippen LogP contribution in [-0.2, 0) is 9.53 Å². The zero-order valence-electron chi connectivity index (χ0n) is 23.4. The summed E-state index contributed by atoms with van der Waals surface area (Å²) in [6, 6.07) is 7.21. The van der Waals surface area contributed by atoms with Crippen LogP contribution in [0.4, 0.5) is 4.39 Å². The molecule has 8 nitrogen and oxygen atoms in total. The maximum atomic E-state index is 15.7. The van der Waals surface area contributed by atoms with Crippen LogP contribution in [0.25, 0.3) is 33.3 Å². The first kappa shape index (κ1) is 26.3. The number of carbonyl (C=O) groups excluding carboxylic acids is 1. The number of amides is 1. The summed E-state index contributed by atoms with van der Waals surface area (Å²) in [7, 11) is 1.60. The molecule has 40 heavy (non-hydrogen) atoms. The van der Waals surface area contributed by atoms with Crippen LogP contribution >= 0.6 is 0 Å². The van der Waals surface area contributed by atoms with Crippen LogP contribution in [0.15, 0.2) is 43.1 Å². The number of rotatable bonds is 8. The number of H-pyrrole nitrogens is 1. The molecule has 3 heterocycles. The fraction of sp³-hybridized carbons (Fsp3) is 0.387. The molecule has 1 amide bonds. The fourth-order valence-corrected chi connectivity index (χ4v) is 6.45. The summed E-state index contributed by atoms with van der Waals surface area (Å²) in [5.41, 5.74) is 7.25. The number of halogens is 1. The zero-order valence-corrected chi connectivity index (χ0v) is 23.4. The van der Waals surface area contributed by atoms with Gasteiger partial charge in [0.2, 0.25) is 5.91 Å². The highest BCUT2D eigenvalue weighted by atomic mass is 19.1. The van der Waals surface area contributed by atoms with E-state index in [1.165, 1.54) is 12.1 Å². The summed E-state index contributed by atoms with van der Waals surface area (Å²) in [5.74, 6) is 0.0415. The predicted molar refractivity (Wildman–Crippen MR) is 152 cm³/mol. The summed E-state index contributed by atoms with van der Waals surface area (Å²) in [5, 5.41) is 13.5. The van der Waals surface area contributed by atoms with E-state index in [-0.39, 0.29) is 17.4 Å². The minimum Gasteiger partial charge on any atom is -0.491 e. The lowest BCUT2D eigenvalue weighted by atomic mass is 9.60. The number of carbonyl (C=O) groups is 1. The van der Waals surface area contributed by atoms with E-state index in [0.717, 1.165) is 64.8 Å². The minimum atomic E-state index is -0.391. The molecular weight excluding hydrogens is 509 g/mol. The molecule has 1 aliphatic carbocycles. The molecule has 2 aromatic heterocycles. The molecule has 0 unspecified atom stereocenters. The van der Waals surface area contributed by atoms with E-state index < -0.39 is 5.82 Å². The van der Waals surface area contributed by atoms with E-state index in [9.17, 15) is 4.79 Å². The summed E-state index contributed by atoms with van der Waals surface area (Å²) in [4.78, 5) is 13.8. The number of hydrogen-bond donors (Lipinski definition) is 1. The van der Waals surface area contributed by atoms with Gasteiger partial charge in [0, 0.05) is 53.9 Å². The maximum absolute atomic E-state index is 15.7. The van der Waals surface area contributed by atoms with Gasteiger partial charge in [-0.2, -0.15) is 10.2 Å². The lowest BCUT2D eigenvalue weighted by molar-refractivity contribution is -0.149. The van der Waals surface area contributed by atoms with Crippen molar-refractivity contribution < 1.29 is 18.7 Å². The van der Waals surface area contributed by atoms with Crippen molar-refractivity contribution in [3.05, 3.63) is 65.8 Å². The lowest BCUT2D eigenvalue weighted by Gasteiger charge is -2.58. The number of fused-ring (bicyclic) bond motifs is 1. The topological polar surface area (TPSA) is 85.3 Å². The van der Waals surface area contributed by atoms with E-state index in [1.807, 2.05) is 11.1 Å². The molecule has 2 aliphatic rings. The molecule has 208 valence electrons. The van der Waals surface area contributed by atoms with Crippen LogP contribution in [0.1, 0.15) is 35.7 Å². The molecule has 9 heteroatoms. The number of nitrogens with one attached hydrogen (secondary N) is 1. The number of likely N-dealkylation sites (tertiary alicyclic amines) is 1. The Morgan fingerprint density at radius 3 is 2.67 bits per heavy atom. The number of nitrogens with zero attached hydrogens (tertiary/aromatic N) is 4. The predicted octanol–water partition coefficient (Wildman–Crippen LogP) is 5.53. The Balaban J connectivity index is 1.42. The average molecular weight is 544 g/mol. The maximum Gasteiger partial charge on any atom is 0.245 e. The Bertz CT molecular complexity index is 1620. The zero-order chi connectivity index (χ0) is 28.2. The number of ether oxygens (including phenoxy) is 2. The second-order valence-electron chi connectivity index (χ2n) is 11.2. The quantitative estimate of drug-likeness (QED) is 0.233. The van der Waals surface area contributed by atoms with Crippen molar-refractivity contribution in [2.24, 2.45) is 5.41 Å². The number of methoxy groups -OCH3 is 1. The number of benzene rings is 2. The molecule has 0 bridgehead atoms. The van der Waals surface area contributed by atoms with Crippen LogP contribution in [0.3, 0.4) is 0 Å². The molecule has 2 aromatic carbocycles. The SMILES string of the molecule is C=CC(=O)N1CC2(CC(n3nc(-c4ccc(OCCOC)cc4F)c(-c4c(C)c(C)cc5[nH]ncc45)c3C)C2)C1. The number of aryl methyl sites for hydroxylation is 1. The van der Waals surface area contributed by atoms with Crippen molar-refractivity contribution in [3.63, 3.8) is 0 Å². The molecule has 1 spiro atoms. The highest BCUT2D eigenvalue weighted by molar-refractivity contribution is 6.01. The Morgan fingerprint density at radius 2 is 1.98 bits per heavy atom. The Morgan fingerprint density at radius 1 is 1.20 bits per heavy atom. The van der Waals surface area contributed by atoms with Crippen molar-refractivity contribution in [3.8, 4) is 28.1 Å². The van der Waals surface area contributed by atoms with Crippen LogP contribution in [0.5, 0.6) is 5.75 Å². The van der Waals surface area contributed by atoms with E-state index in [4.69, 9.17) is 14.6 Å². The monoisotopic (exact) mass is 543 g/mol. The van der Waals surface area contributed by atoms with E-state index in [0.29, 0.717) is 30.2 Å². The molecule has 0 radical (unpaired) electrons. The standard InChI is InChI=1S/C31H34FN5O3/c1-6-27(38)36-16-31(17-36)13-21(14-31)37-20(4)29(28-19(3)18(2)11-26-24(28)15-33-34-26)30(35-37)23-8-7-22(12-25(23)32)40-10-9-39-5/h6-8,11-12,15,21H,1,9-10,13-14,16-17H2,2-5H3,(H,33,34). The van der Waals surface area contributed by atoms with Crippen molar-refractivity contribution in [1.82, 2.24) is 24.9 Å². The molecule has 4 aromatic rings. The van der Waals surface area contributed by atoms with Crippen molar-refractivity contribution >= 4 is 16.8 Å². The largest absolute Gasteiger partial charge is 0.491 e. The van der Waals surface area contributed by atoms with Gasteiger partial charge < -0.3 is 14.4 Å². The first-order chi connectivity index (χ1) is 19.2. The normalized spacial score (nSPS) is 16.3. The van der Waals surface area contributed by atoms with Gasteiger partial charge in [0.25, 0.3) is 0 Å². The van der Waals surface area contributed by atoms with Gasteiger partial charge in [0.05, 0.1) is 24.4 Å². The molecule has 2 fully saturated rings. The Labute approximate surface area is 232 Å². The van der Waals surface area contributed by atoms with Crippen LogP contribution in [0.2, 0.25) is 0 Å². The minimum absolute atomic E-state index is 0.0157. The summed E-state index contributed by atoms with van der Waals surface area (Å²) in [6.45, 7) is 12.1. The highest BCUT2D eigenvalue weighted by Gasteiger charge is 2.54. The third kappa shape index (κ3) is 4.20. The highest BCUT2D eigenvalue weighted by Crippen LogP contribution is 2.55. The van der Waals surface area contributed by atoms with Gasteiger partial charge in [-0.15, -0.1) is 0 Å². The molecule has 6 rings (SSSR count). The molecule has 1 saturated carbocycles. The van der Waals surface area contributed by atoms with E-state index in [1.54, 1.807) is 19.2 Å². The number of hydrogen-bond acceptors (Lipinski definition) is 5. The van der Waals surface area contributed by atoms with Gasteiger partial charge in [-0.25, -0.2) is 4.39 Å². The smallest absolute Gasteiger partial charge is 0.245 e. The Kier molecular flexibility index (Phi) is 6.49. The van der Waals surface area contributed by atoms with Crippen LogP contribution in [0, 0.1) is 32.0 Å². The molecule has 1 aliphatic heterocycles. The third-order valence-electron chi connectivity index (χ3n) is 8.64. The molecule has 1 saturated heterocycles. The summed E-state index contributed by atoms with van der Waals surface area (Å²) < 4.78 is 28.5. The molecular formula is C31H34FN5O3. The summed E-state index contributed by atoms with van der Waals surface area (Å²) >= 11 is 0. The first-order valence-electron chi connectivity index (χ1n) is 13.6. The Hall–Kier alpha value is -3.98. The summed E-state index contributed by atoms with van der Waals surface area (Å²) in [6.07, 6.45) is 5.07. The first-order valence-corrected chi connectivity index (χ1v) is 13.6. The van der Waals surface area contributed by atoms with Gasteiger partial charge >= 0.3 is 0 Å². The van der Waals surface area contributed by atoms with Gasteiger partial charge in [0.1, 0.15) is 23.9 Å². The fourth-order valence-electron chi connectivity index (χ4n) is 6.45. The second-order valence-corrected chi connectivity index (χ2v) is 11.2. The number of aromatic amines is 1. The van der Waals surface area contributed by atoms with Gasteiger partial charge in [-0.1, -0.05) is 6.58 Å². The van der Waals surface area contributed by atoms with Crippen LogP contribution in [-0.4, -0.2) is 64.2 Å². The average Bonchev–Trinajstić information content (AvgIpc) is 3.48. The van der Waals surface area contributed by atoms with E-state index in [2.05, 4.69) is 48.3 Å². The second kappa shape index (κ2) is 9.89. The lowest BCUT2D eigenvalue weighted by Crippen LogP contribution is -2.63. The van der Waals surface area contributed by atoms with Gasteiger partial charge in [-0.3, -0.25) is 14.6 Å². The van der Waals surface area contributed by atoms with Crippen LogP contribution < -0.4 is 4.74 Å². The van der Waals surface area contributed by atoms with Crippen molar-refractivity contribution in [1.29, 1.82) is 0 Å². The van der Waals surface area contributed by atoms with Gasteiger partial charge in [0.15, 0.2) is 0 Å². The van der Waals surface area contributed by atoms with Crippen molar-refractivity contribution in [2.45, 2.75) is 39.7 Å². The molecule has 0 atom stereocenters. The van der Waals surface area contributed by atoms with E-state index >= 15 is 4.39 Å².